The predicted octanol–water partition coefficient (Wildman–Crippen LogP) is 11.1. The number of para-hydroxylation sites is 2. The van der Waals surface area contributed by atoms with Crippen molar-refractivity contribution in [1.29, 1.82) is 0 Å². The van der Waals surface area contributed by atoms with Crippen molar-refractivity contribution in [2.24, 2.45) is 0 Å². The molecule has 0 amide bonds. The molecular formula is C26H26Cl4N4P2. The number of nitrogens with one attached hydrogen (secondary N) is 2. The van der Waals surface area contributed by atoms with Crippen molar-refractivity contribution >= 4 is 79.2 Å². The quantitative estimate of drug-likeness (QED) is 0.216. The number of aryl methyl sites for hydroxylation is 2. The monoisotopic (exact) mass is 596 g/mol. The number of hydrogen-bond acceptors (Lipinski definition) is 4. The maximum absolute atomic E-state index is 7.66. The first-order chi connectivity index (χ1) is 17.0. The molecule has 0 radical (unpaired) electrons. The first kappa shape index (κ1) is 25.7. The predicted molar refractivity (Wildman–Crippen MR) is 165 cm³/mol. The molecule has 1 saturated heterocycles. The summed E-state index contributed by atoms with van der Waals surface area (Å²) in [4.78, 5) is 0. The second kappa shape index (κ2) is 8.84. The molecule has 0 bridgehead atoms. The second-order valence-electron chi connectivity index (χ2n) is 8.86. The van der Waals surface area contributed by atoms with Crippen LogP contribution in [0.5, 0.6) is 0 Å². The standard InChI is InChI=1S/C26H26Cl4N4P2/c1-21-13-17-23(18-14-21)31-35(27,28)33(25-9-5-3-6-10-25)36(29,30,32-24-19-15-22(2)16-20-24)34(35)26-11-7-4-8-12-26/h3-20,31-32H,1-2H3. The number of benzene rings is 4. The van der Waals surface area contributed by atoms with Gasteiger partial charge >= 0.3 is 232 Å². The van der Waals surface area contributed by atoms with Crippen LogP contribution in [0.25, 0.3) is 0 Å². The Morgan fingerprint density at radius 2 is 0.778 bits per heavy atom. The van der Waals surface area contributed by atoms with Crippen LogP contribution in [0.3, 0.4) is 0 Å². The summed E-state index contributed by atoms with van der Waals surface area (Å²) in [5.41, 5.74) is 5.16. The number of anilines is 4. The van der Waals surface area contributed by atoms with Gasteiger partial charge in [0, 0.05) is 0 Å². The van der Waals surface area contributed by atoms with Crippen LogP contribution in [0.4, 0.5) is 22.7 Å². The maximum atomic E-state index is 7.66. The Labute approximate surface area is 231 Å². The molecule has 10 heteroatoms. The fraction of sp³-hybridized carbons (Fsp3) is 0.0769. The minimum absolute atomic E-state index is 0.703. The van der Waals surface area contributed by atoms with Gasteiger partial charge in [0.15, 0.2) is 0 Å². The van der Waals surface area contributed by atoms with Crippen molar-refractivity contribution in [2.45, 2.75) is 13.8 Å². The van der Waals surface area contributed by atoms with Crippen molar-refractivity contribution in [1.82, 2.24) is 0 Å². The third kappa shape index (κ3) is 4.19. The first-order valence-corrected chi connectivity index (χ1v) is 19.2. The van der Waals surface area contributed by atoms with E-state index in [9.17, 15) is 0 Å². The van der Waals surface area contributed by atoms with E-state index in [1.165, 1.54) is 0 Å². The summed E-state index contributed by atoms with van der Waals surface area (Å²) >= 11 is 30.7. The Morgan fingerprint density at radius 3 is 1.08 bits per heavy atom. The average Bonchev–Trinajstić information content (AvgIpc) is 2.82. The van der Waals surface area contributed by atoms with Crippen LogP contribution in [0.15, 0.2) is 109 Å². The van der Waals surface area contributed by atoms with Gasteiger partial charge in [-0.25, -0.2) is 0 Å². The molecule has 0 unspecified atom stereocenters. The summed E-state index contributed by atoms with van der Waals surface area (Å²) < 4.78 is 3.58. The molecule has 4 aromatic carbocycles. The zero-order valence-corrected chi connectivity index (χ0v) is 24.5. The van der Waals surface area contributed by atoms with Crippen LogP contribution in [0.2, 0.25) is 0 Å². The summed E-state index contributed by atoms with van der Waals surface area (Å²) in [7, 11) is 0. The minimum atomic E-state index is -4.29. The van der Waals surface area contributed by atoms with Crippen molar-refractivity contribution in [3.05, 3.63) is 120 Å². The summed E-state index contributed by atoms with van der Waals surface area (Å²) in [5.74, 6) is -8.58. The number of rotatable bonds is 6. The Kier molecular flexibility index (Phi) is 6.32. The first-order valence-electron chi connectivity index (χ1n) is 11.3. The normalized spacial score (nSPS) is 21.1. The van der Waals surface area contributed by atoms with Gasteiger partial charge in [0.05, 0.1) is 0 Å². The summed E-state index contributed by atoms with van der Waals surface area (Å²) in [6, 6.07) is 34.9. The SMILES string of the molecule is Cc1ccc(NP2(Cl)(Cl)N(c3ccccc3)P(Cl)(Cl)(Nc3ccc(C)cc3)N2c2ccccc2)cc1. The van der Waals surface area contributed by atoms with Gasteiger partial charge in [-0.05, 0) is 0 Å². The summed E-state index contributed by atoms with van der Waals surface area (Å²) in [5, 5.41) is 6.94. The molecule has 0 spiro atoms. The van der Waals surface area contributed by atoms with Gasteiger partial charge in [-0.1, -0.05) is 0 Å². The molecule has 2 N–H and O–H groups in total. The van der Waals surface area contributed by atoms with E-state index in [2.05, 4.69) is 10.2 Å². The van der Waals surface area contributed by atoms with Crippen molar-refractivity contribution < 1.29 is 0 Å². The van der Waals surface area contributed by atoms with Crippen LogP contribution in [0.1, 0.15) is 11.1 Å². The molecule has 1 aliphatic rings. The molecule has 0 atom stereocenters. The fourth-order valence-electron chi connectivity index (χ4n) is 4.43. The molecule has 4 nitrogen and oxygen atoms in total. The van der Waals surface area contributed by atoms with E-state index in [4.69, 9.17) is 45.0 Å². The van der Waals surface area contributed by atoms with Crippen LogP contribution in [-0.4, -0.2) is 0 Å². The van der Waals surface area contributed by atoms with Crippen molar-refractivity contribution in [3.8, 4) is 0 Å². The van der Waals surface area contributed by atoms with E-state index in [1.807, 2.05) is 123 Å². The Morgan fingerprint density at radius 1 is 0.472 bits per heavy atom. The van der Waals surface area contributed by atoms with Gasteiger partial charge in [-0.3, -0.25) is 0 Å². The fourth-order valence-corrected chi connectivity index (χ4v) is 28.8. The molecular weight excluding hydrogens is 572 g/mol. The average molecular weight is 598 g/mol. The third-order valence-electron chi connectivity index (χ3n) is 6.00. The third-order valence-corrected chi connectivity index (χ3v) is 22.1. The van der Waals surface area contributed by atoms with Gasteiger partial charge in [0.1, 0.15) is 0 Å². The van der Waals surface area contributed by atoms with E-state index in [-0.39, 0.29) is 0 Å². The molecule has 1 fully saturated rings. The molecule has 1 aliphatic heterocycles. The Balaban J connectivity index is 1.75. The zero-order valence-electron chi connectivity index (χ0n) is 19.7. The van der Waals surface area contributed by atoms with Crippen LogP contribution >= 0.6 is 56.5 Å². The topological polar surface area (TPSA) is 30.5 Å². The zero-order chi connectivity index (χ0) is 25.7. The Hall–Kier alpha value is -1.90. The molecule has 188 valence electrons. The number of nitrogens with zero attached hydrogens (tertiary/aromatic N) is 2. The molecule has 4 aromatic rings. The van der Waals surface area contributed by atoms with E-state index < -0.39 is 11.5 Å². The van der Waals surface area contributed by atoms with E-state index >= 15 is 0 Å². The second-order valence-corrected chi connectivity index (χ2v) is 23.6. The van der Waals surface area contributed by atoms with Crippen molar-refractivity contribution in [3.63, 3.8) is 0 Å². The van der Waals surface area contributed by atoms with Gasteiger partial charge < -0.3 is 0 Å². The number of halogens is 4. The molecule has 0 aliphatic carbocycles. The van der Waals surface area contributed by atoms with E-state index in [1.54, 1.807) is 8.88 Å². The molecule has 1 heterocycles. The molecule has 0 saturated carbocycles. The van der Waals surface area contributed by atoms with Gasteiger partial charge in [-0.15, -0.1) is 0 Å². The molecule has 36 heavy (non-hydrogen) atoms. The van der Waals surface area contributed by atoms with Crippen LogP contribution in [-0.2, 0) is 0 Å². The Bertz CT molecular complexity index is 1260. The van der Waals surface area contributed by atoms with E-state index in [0.29, 0.717) is 11.4 Å². The summed E-state index contributed by atoms with van der Waals surface area (Å²) in [6.07, 6.45) is 0. The van der Waals surface area contributed by atoms with Gasteiger partial charge in [0.25, 0.3) is 0 Å². The van der Waals surface area contributed by atoms with Gasteiger partial charge in [-0.2, -0.15) is 0 Å². The van der Waals surface area contributed by atoms with E-state index in [0.717, 1.165) is 22.5 Å². The van der Waals surface area contributed by atoms with Crippen LogP contribution in [0, 0.1) is 13.8 Å². The molecule has 0 aromatic heterocycles. The van der Waals surface area contributed by atoms with Crippen LogP contribution < -0.4 is 19.1 Å². The number of hydrogen-bond donors (Lipinski definition) is 2. The van der Waals surface area contributed by atoms with Crippen molar-refractivity contribution in [2.75, 3.05) is 19.1 Å². The molecule has 5 rings (SSSR count). The van der Waals surface area contributed by atoms with Gasteiger partial charge in [0.2, 0.25) is 0 Å². The summed E-state index contributed by atoms with van der Waals surface area (Å²) in [6.45, 7) is 4.05.